The van der Waals surface area contributed by atoms with Crippen molar-refractivity contribution < 1.29 is 9.47 Å². The van der Waals surface area contributed by atoms with Crippen LogP contribution in [0.15, 0.2) is 42.7 Å². The molecule has 2 aromatic rings. The SMILES string of the molecule is COc1ccc(OCc2ccncc2N)cc1. The second-order valence-corrected chi connectivity index (χ2v) is 3.54. The molecular formula is C13H14N2O2. The molecule has 1 aromatic heterocycles. The molecule has 2 rings (SSSR count). The number of methoxy groups -OCH3 is 1. The second kappa shape index (κ2) is 5.21. The maximum Gasteiger partial charge on any atom is 0.120 e. The highest BCUT2D eigenvalue weighted by Gasteiger charge is 2.00. The number of anilines is 1. The molecule has 0 spiro atoms. The molecule has 4 heteroatoms. The fourth-order valence-electron chi connectivity index (χ4n) is 1.40. The molecule has 1 heterocycles. The van der Waals surface area contributed by atoms with Gasteiger partial charge in [0, 0.05) is 11.8 Å². The van der Waals surface area contributed by atoms with Crippen molar-refractivity contribution in [2.24, 2.45) is 0 Å². The molecule has 88 valence electrons. The number of hydrogen-bond acceptors (Lipinski definition) is 4. The van der Waals surface area contributed by atoms with Crippen molar-refractivity contribution in [1.29, 1.82) is 0 Å². The molecule has 0 saturated heterocycles. The van der Waals surface area contributed by atoms with Crippen molar-refractivity contribution in [1.82, 2.24) is 4.98 Å². The van der Waals surface area contributed by atoms with E-state index >= 15 is 0 Å². The summed E-state index contributed by atoms with van der Waals surface area (Å²) in [6.45, 7) is 0.431. The van der Waals surface area contributed by atoms with Crippen LogP contribution >= 0.6 is 0 Å². The number of ether oxygens (including phenoxy) is 2. The molecule has 4 nitrogen and oxygen atoms in total. The van der Waals surface area contributed by atoms with Gasteiger partial charge in [-0.05, 0) is 30.3 Å². The third-order valence-corrected chi connectivity index (χ3v) is 2.40. The number of benzene rings is 1. The van der Waals surface area contributed by atoms with Crippen LogP contribution in [0.25, 0.3) is 0 Å². The van der Waals surface area contributed by atoms with Gasteiger partial charge in [0.05, 0.1) is 19.0 Å². The van der Waals surface area contributed by atoms with Gasteiger partial charge in [-0.25, -0.2) is 0 Å². The number of nitrogens with zero attached hydrogens (tertiary/aromatic N) is 1. The van der Waals surface area contributed by atoms with Crippen molar-refractivity contribution in [3.05, 3.63) is 48.3 Å². The van der Waals surface area contributed by atoms with Crippen LogP contribution in [-0.2, 0) is 6.61 Å². The molecule has 2 N–H and O–H groups in total. The Morgan fingerprint density at radius 2 is 1.82 bits per heavy atom. The van der Waals surface area contributed by atoms with Gasteiger partial charge >= 0.3 is 0 Å². The summed E-state index contributed by atoms with van der Waals surface area (Å²) in [5.74, 6) is 1.59. The quantitative estimate of drug-likeness (QED) is 0.875. The lowest BCUT2D eigenvalue weighted by Crippen LogP contribution is -2.00. The van der Waals surface area contributed by atoms with Gasteiger partial charge in [0.1, 0.15) is 18.1 Å². The normalized spacial score (nSPS) is 9.94. The predicted molar refractivity (Wildman–Crippen MR) is 66.0 cm³/mol. The third-order valence-electron chi connectivity index (χ3n) is 2.40. The Morgan fingerprint density at radius 1 is 1.12 bits per heavy atom. The Morgan fingerprint density at radius 3 is 2.47 bits per heavy atom. The number of hydrogen-bond donors (Lipinski definition) is 1. The zero-order valence-electron chi connectivity index (χ0n) is 9.59. The smallest absolute Gasteiger partial charge is 0.120 e. The predicted octanol–water partition coefficient (Wildman–Crippen LogP) is 2.25. The van der Waals surface area contributed by atoms with Gasteiger partial charge < -0.3 is 15.2 Å². The van der Waals surface area contributed by atoms with E-state index in [0.29, 0.717) is 12.3 Å². The number of rotatable bonds is 4. The number of aromatic nitrogens is 1. The first kappa shape index (κ1) is 11.3. The summed E-state index contributed by atoms with van der Waals surface area (Å²) in [7, 11) is 1.63. The summed E-state index contributed by atoms with van der Waals surface area (Å²) in [6, 6.07) is 9.27. The van der Waals surface area contributed by atoms with Gasteiger partial charge in [0.2, 0.25) is 0 Å². The summed E-state index contributed by atoms with van der Waals surface area (Å²) < 4.78 is 10.7. The van der Waals surface area contributed by atoms with E-state index in [1.54, 1.807) is 19.5 Å². The zero-order chi connectivity index (χ0) is 12.1. The van der Waals surface area contributed by atoms with Crippen molar-refractivity contribution >= 4 is 5.69 Å². The van der Waals surface area contributed by atoms with E-state index in [2.05, 4.69) is 4.98 Å². The minimum absolute atomic E-state index is 0.431. The molecule has 0 bridgehead atoms. The fourth-order valence-corrected chi connectivity index (χ4v) is 1.40. The standard InChI is InChI=1S/C13H14N2O2/c1-16-11-2-4-12(5-3-11)17-9-10-6-7-15-8-13(10)14/h2-8H,9,14H2,1H3. The van der Waals surface area contributed by atoms with E-state index < -0.39 is 0 Å². The van der Waals surface area contributed by atoms with Gasteiger partial charge in [-0.2, -0.15) is 0 Å². The Hall–Kier alpha value is -2.23. The van der Waals surface area contributed by atoms with Crippen LogP contribution in [0.3, 0.4) is 0 Å². The molecule has 17 heavy (non-hydrogen) atoms. The highest BCUT2D eigenvalue weighted by molar-refractivity contribution is 5.43. The van der Waals surface area contributed by atoms with Crippen LogP contribution in [0.2, 0.25) is 0 Å². The first-order valence-corrected chi connectivity index (χ1v) is 5.25. The second-order valence-electron chi connectivity index (χ2n) is 3.54. The minimum atomic E-state index is 0.431. The van der Waals surface area contributed by atoms with Crippen molar-refractivity contribution in [2.75, 3.05) is 12.8 Å². The Kier molecular flexibility index (Phi) is 3.45. The van der Waals surface area contributed by atoms with Gasteiger partial charge in [-0.1, -0.05) is 0 Å². The van der Waals surface area contributed by atoms with E-state index in [1.165, 1.54) is 0 Å². The number of nitrogen functional groups attached to an aromatic ring is 1. The van der Waals surface area contributed by atoms with Gasteiger partial charge in [-0.15, -0.1) is 0 Å². The molecule has 0 aliphatic carbocycles. The van der Waals surface area contributed by atoms with Gasteiger partial charge in [-0.3, -0.25) is 4.98 Å². The molecule has 0 aliphatic heterocycles. The van der Waals surface area contributed by atoms with Crippen LogP contribution in [0.5, 0.6) is 11.5 Å². The third kappa shape index (κ3) is 2.87. The maximum atomic E-state index is 5.77. The van der Waals surface area contributed by atoms with Crippen molar-refractivity contribution in [2.45, 2.75) is 6.61 Å². The van der Waals surface area contributed by atoms with E-state index in [9.17, 15) is 0 Å². The highest BCUT2D eigenvalue weighted by atomic mass is 16.5. The fraction of sp³-hybridized carbons (Fsp3) is 0.154. The molecule has 0 atom stereocenters. The Balaban J connectivity index is 2.00. The number of nitrogens with two attached hydrogens (primary N) is 1. The lowest BCUT2D eigenvalue weighted by atomic mass is 10.2. The maximum absolute atomic E-state index is 5.77. The molecule has 0 fully saturated rings. The molecule has 0 unspecified atom stereocenters. The van der Waals surface area contributed by atoms with Crippen LogP contribution in [-0.4, -0.2) is 12.1 Å². The van der Waals surface area contributed by atoms with Gasteiger partial charge in [0.15, 0.2) is 0 Å². The average Bonchev–Trinajstić information content (AvgIpc) is 2.38. The van der Waals surface area contributed by atoms with Gasteiger partial charge in [0.25, 0.3) is 0 Å². The van der Waals surface area contributed by atoms with Crippen molar-refractivity contribution in [3.8, 4) is 11.5 Å². The summed E-state index contributed by atoms with van der Waals surface area (Å²) in [5.41, 5.74) is 7.33. The highest BCUT2D eigenvalue weighted by Crippen LogP contribution is 2.19. The average molecular weight is 230 g/mol. The molecular weight excluding hydrogens is 216 g/mol. The van der Waals surface area contributed by atoms with E-state index in [1.807, 2.05) is 30.3 Å². The van der Waals surface area contributed by atoms with Crippen LogP contribution < -0.4 is 15.2 Å². The Labute approximate surface area is 100 Å². The first-order valence-electron chi connectivity index (χ1n) is 5.25. The largest absolute Gasteiger partial charge is 0.497 e. The minimum Gasteiger partial charge on any atom is -0.497 e. The topological polar surface area (TPSA) is 57.4 Å². The summed E-state index contributed by atoms with van der Waals surface area (Å²) in [5, 5.41) is 0. The van der Waals surface area contributed by atoms with Crippen LogP contribution in [0, 0.1) is 0 Å². The Bertz CT molecular complexity index is 483. The molecule has 0 saturated carbocycles. The van der Waals surface area contributed by atoms with E-state index in [0.717, 1.165) is 17.1 Å². The van der Waals surface area contributed by atoms with E-state index in [4.69, 9.17) is 15.2 Å². The molecule has 1 aromatic carbocycles. The zero-order valence-corrected chi connectivity index (χ0v) is 9.59. The molecule has 0 aliphatic rings. The lowest BCUT2D eigenvalue weighted by molar-refractivity contribution is 0.306. The first-order chi connectivity index (χ1) is 8.29. The molecule has 0 radical (unpaired) electrons. The summed E-state index contributed by atoms with van der Waals surface area (Å²) in [4.78, 5) is 3.93. The summed E-state index contributed by atoms with van der Waals surface area (Å²) >= 11 is 0. The monoisotopic (exact) mass is 230 g/mol. The van der Waals surface area contributed by atoms with Crippen molar-refractivity contribution in [3.63, 3.8) is 0 Å². The van der Waals surface area contributed by atoms with E-state index in [-0.39, 0.29) is 0 Å². The lowest BCUT2D eigenvalue weighted by Gasteiger charge is -2.08. The summed E-state index contributed by atoms with van der Waals surface area (Å²) in [6.07, 6.45) is 3.32. The van der Waals surface area contributed by atoms with Crippen LogP contribution in [0.1, 0.15) is 5.56 Å². The molecule has 0 amide bonds. The number of pyridine rings is 1. The van der Waals surface area contributed by atoms with Crippen LogP contribution in [0.4, 0.5) is 5.69 Å².